The van der Waals surface area contributed by atoms with E-state index in [1.54, 1.807) is 12.1 Å². The van der Waals surface area contributed by atoms with Crippen molar-refractivity contribution in [1.82, 2.24) is 15.5 Å². The lowest BCUT2D eigenvalue weighted by Crippen LogP contribution is -2.46. The van der Waals surface area contributed by atoms with Gasteiger partial charge in [-0.3, -0.25) is 9.69 Å². The number of amides is 1. The summed E-state index contributed by atoms with van der Waals surface area (Å²) in [6, 6.07) is 3.27. The van der Waals surface area contributed by atoms with Gasteiger partial charge in [0.25, 0.3) is 5.91 Å². The van der Waals surface area contributed by atoms with Crippen molar-refractivity contribution in [3.63, 3.8) is 0 Å². The van der Waals surface area contributed by atoms with Crippen LogP contribution in [-0.2, 0) is 0 Å². The number of carbonyl (C=O) groups excluding carboxylic acids is 1. The molecule has 0 saturated carbocycles. The minimum atomic E-state index is -0.148. The van der Waals surface area contributed by atoms with E-state index in [0.29, 0.717) is 28.6 Å². The zero-order valence-electron chi connectivity index (χ0n) is 12.1. The number of nitrogens with one attached hydrogen (secondary N) is 2. The van der Waals surface area contributed by atoms with E-state index in [1.165, 1.54) is 0 Å². The topological polar surface area (TPSA) is 62.8 Å². The van der Waals surface area contributed by atoms with E-state index in [-0.39, 0.29) is 25.1 Å². The van der Waals surface area contributed by atoms with Crippen LogP contribution < -0.4 is 20.1 Å². The van der Waals surface area contributed by atoms with Gasteiger partial charge in [0.15, 0.2) is 11.5 Å². The number of hydrogen-bond acceptors (Lipinski definition) is 5. The Balaban J connectivity index is 0.00000176. The fourth-order valence-corrected chi connectivity index (χ4v) is 2.73. The number of rotatable bonds is 4. The molecule has 0 bridgehead atoms. The average molecular weight is 348 g/mol. The molecule has 0 spiro atoms. The van der Waals surface area contributed by atoms with Crippen LogP contribution in [0.25, 0.3) is 0 Å². The SMILES string of the molecule is Cl.O=C(NCCN1CCNCC1)c1cc(Cl)c2c(c1)OCO2. The van der Waals surface area contributed by atoms with E-state index in [4.69, 9.17) is 21.1 Å². The minimum Gasteiger partial charge on any atom is -0.454 e. The first-order chi connectivity index (χ1) is 10.2. The van der Waals surface area contributed by atoms with Crippen LogP contribution in [0.3, 0.4) is 0 Å². The fourth-order valence-electron chi connectivity index (χ4n) is 2.46. The van der Waals surface area contributed by atoms with Gasteiger partial charge in [-0.1, -0.05) is 11.6 Å². The van der Waals surface area contributed by atoms with Crippen LogP contribution in [-0.4, -0.2) is 56.9 Å². The third kappa shape index (κ3) is 3.95. The van der Waals surface area contributed by atoms with E-state index in [1.807, 2.05) is 0 Å². The highest BCUT2D eigenvalue weighted by molar-refractivity contribution is 6.32. The predicted octanol–water partition coefficient (Wildman–Crippen LogP) is 1.13. The Kier molecular flexibility index (Phi) is 6.14. The van der Waals surface area contributed by atoms with Gasteiger partial charge in [-0.15, -0.1) is 12.4 Å². The van der Waals surface area contributed by atoms with Gasteiger partial charge < -0.3 is 20.1 Å². The molecule has 2 aliphatic rings. The number of ether oxygens (including phenoxy) is 2. The van der Waals surface area contributed by atoms with Crippen LogP contribution in [0.1, 0.15) is 10.4 Å². The molecule has 2 heterocycles. The van der Waals surface area contributed by atoms with Gasteiger partial charge in [0.05, 0.1) is 5.02 Å². The molecule has 8 heteroatoms. The molecule has 1 saturated heterocycles. The second-order valence-electron chi connectivity index (χ2n) is 5.04. The third-order valence-electron chi connectivity index (χ3n) is 3.61. The highest BCUT2D eigenvalue weighted by Crippen LogP contribution is 2.39. The van der Waals surface area contributed by atoms with Crippen LogP contribution in [0.5, 0.6) is 11.5 Å². The summed E-state index contributed by atoms with van der Waals surface area (Å²) < 4.78 is 10.5. The van der Waals surface area contributed by atoms with Gasteiger partial charge in [-0.2, -0.15) is 0 Å². The second-order valence-corrected chi connectivity index (χ2v) is 5.45. The Morgan fingerprint density at radius 2 is 2.09 bits per heavy atom. The Morgan fingerprint density at radius 3 is 2.86 bits per heavy atom. The number of fused-ring (bicyclic) bond motifs is 1. The lowest BCUT2D eigenvalue weighted by Gasteiger charge is -2.27. The number of benzene rings is 1. The van der Waals surface area contributed by atoms with E-state index in [2.05, 4.69) is 15.5 Å². The van der Waals surface area contributed by atoms with E-state index in [9.17, 15) is 4.79 Å². The standard InChI is InChI=1S/C14H18ClN3O3.ClH/c15-11-7-10(8-12-13(11)21-9-20-12)14(19)17-3-6-18-4-1-16-2-5-18;/h7-8,16H,1-6,9H2,(H,17,19);1H. The van der Waals surface area contributed by atoms with Crippen LogP contribution in [0.2, 0.25) is 5.02 Å². The lowest BCUT2D eigenvalue weighted by atomic mass is 10.2. The molecule has 6 nitrogen and oxygen atoms in total. The normalized spacial score (nSPS) is 17.0. The predicted molar refractivity (Wildman–Crippen MR) is 86.5 cm³/mol. The Morgan fingerprint density at radius 1 is 1.32 bits per heavy atom. The molecule has 0 aliphatic carbocycles. The first-order valence-electron chi connectivity index (χ1n) is 7.04. The van der Waals surface area contributed by atoms with Gasteiger partial charge in [-0.05, 0) is 12.1 Å². The maximum atomic E-state index is 12.1. The van der Waals surface area contributed by atoms with Crippen LogP contribution in [0, 0.1) is 0 Å². The fraction of sp³-hybridized carbons (Fsp3) is 0.500. The molecule has 0 unspecified atom stereocenters. The second kappa shape index (κ2) is 7.87. The van der Waals surface area contributed by atoms with Gasteiger partial charge in [0, 0.05) is 44.8 Å². The maximum absolute atomic E-state index is 12.1. The summed E-state index contributed by atoms with van der Waals surface area (Å²) in [7, 11) is 0. The summed E-state index contributed by atoms with van der Waals surface area (Å²) in [6.45, 7) is 5.66. The van der Waals surface area contributed by atoms with Crippen molar-refractivity contribution in [3.05, 3.63) is 22.7 Å². The zero-order valence-corrected chi connectivity index (χ0v) is 13.6. The van der Waals surface area contributed by atoms with Crippen LogP contribution in [0.4, 0.5) is 0 Å². The molecule has 0 radical (unpaired) electrons. The van der Waals surface area contributed by atoms with Crippen molar-refractivity contribution < 1.29 is 14.3 Å². The molecule has 3 rings (SSSR count). The van der Waals surface area contributed by atoms with Gasteiger partial charge >= 0.3 is 0 Å². The number of halogens is 2. The summed E-state index contributed by atoms with van der Waals surface area (Å²) in [6.07, 6.45) is 0. The summed E-state index contributed by atoms with van der Waals surface area (Å²) in [5.41, 5.74) is 0.490. The molecule has 2 aliphatic heterocycles. The molecular formula is C14H19Cl2N3O3. The van der Waals surface area contributed by atoms with Gasteiger partial charge in [0.1, 0.15) is 0 Å². The van der Waals surface area contributed by atoms with Gasteiger partial charge in [-0.25, -0.2) is 0 Å². The number of nitrogens with zero attached hydrogens (tertiary/aromatic N) is 1. The number of hydrogen-bond donors (Lipinski definition) is 2. The summed E-state index contributed by atoms with van der Waals surface area (Å²) in [4.78, 5) is 14.5. The summed E-state index contributed by atoms with van der Waals surface area (Å²) in [5, 5.41) is 6.61. The molecule has 0 aromatic heterocycles. The van der Waals surface area contributed by atoms with Crippen molar-refractivity contribution in [3.8, 4) is 11.5 Å². The summed E-state index contributed by atoms with van der Waals surface area (Å²) in [5.74, 6) is 0.883. The molecule has 1 aromatic carbocycles. The monoisotopic (exact) mass is 347 g/mol. The maximum Gasteiger partial charge on any atom is 0.251 e. The molecule has 22 heavy (non-hydrogen) atoms. The van der Waals surface area contributed by atoms with E-state index >= 15 is 0 Å². The molecule has 122 valence electrons. The van der Waals surface area contributed by atoms with Crippen molar-refractivity contribution >= 4 is 29.9 Å². The van der Waals surface area contributed by atoms with Crippen LogP contribution >= 0.6 is 24.0 Å². The Hall–Kier alpha value is -1.21. The molecular weight excluding hydrogens is 329 g/mol. The minimum absolute atomic E-state index is 0. The molecule has 2 N–H and O–H groups in total. The number of piperazine rings is 1. The highest BCUT2D eigenvalue weighted by atomic mass is 35.5. The van der Waals surface area contributed by atoms with Crippen molar-refractivity contribution in [1.29, 1.82) is 0 Å². The lowest BCUT2D eigenvalue weighted by molar-refractivity contribution is 0.0947. The summed E-state index contributed by atoms with van der Waals surface area (Å²) >= 11 is 6.07. The van der Waals surface area contributed by atoms with Crippen molar-refractivity contribution in [2.75, 3.05) is 46.1 Å². The van der Waals surface area contributed by atoms with E-state index in [0.717, 1.165) is 32.7 Å². The third-order valence-corrected chi connectivity index (χ3v) is 3.89. The zero-order chi connectivity index (χ0) is 14.7. The highest BCUT2D eigenvalue weighted by Gasteiger charge is 2.20. The number of carbonyl (C=O) groups is 1. The largest absolute Gasteiger partial charge is 0.454 e. The first kappa shape index (κ1) is 17.1. The quantitative estimate of drug-likeness (QED) is 0.854. The molecule has 1 aromatic rings. The van der Waals surface area contributed by atoms with Gasteiger partial charge in [0.2, 0.25) is 6.79 Å². The molecule has 1 fully saturated rings. The Bertz CT molecular complexity index is 536. The van der Waals surface area contributed by atoms with Crippen molar-refractivity contribution in [2.24, 2.45) is 0 Å². The average Bonchev–Trinajstić information content (AvgIpc) is 2.97. The first-order valence-corrected chi connectivity index (χ1v) is 7.42. The molecule has 0 atom stereocenters. The van der Waals surface area contributed by atoms with Crippen molar-refractivity contribution in [2.45, 2.75) is 0 Å². The Labute approximate surface area is 140 Å². The van der Waals surface area contributed by atoms with Crippen LogP contribution in [0.15, 0.2) is 12.1 Å². The molecule has 1 amide bonds. The van der Waals surface area contributed by atoms with E-state index < -0.39 is 0 Å². The smallest absolute Gasteiger partial charge is 0.251 e.